The van der Waals surface area contributed by atoms with Gasteiger partial charge in [0.05, 0.1) is 5.56 Å². The van der Waals surface area contributed by atoms with Gasteiger partial charge in [-0.05, 0) is 24.3 Å². The zero-order chi connectivity index (χ0) is 18.6. The summed E-state index contributed by atoms with van der Waals surface area (Å²) in [4.78, 5) is 20.1. The van der Waals surface area contributed by atoms with Crippen molar-refractivity contribution in [2.45, 2.75) is 6.18 Å². The molecule has 0 saturated heterocycles. The highest BCUT2D eigenvalue weighted by atomic mass is 19.4. The number of hydrogen-bond acceptors (Lipinski definition) is 4. The van der Waals surface area contributed by atoms with E-state index in [0.717, 1.165) is 12.1 Å². The minimum atomic E-state index is -4.61. The van der Waals surface area contributed by atoms with Crippen molar-refractivity contribution in [3.63, 3.8) is 0 Å². The lowest BCUT2D eigenvalue weighted by atomic mass is 10.2. The van der Waals surface area contributed by atoms with Crippen LogP contribution in [0.1, 0.15) is 16.1 Å². The van der Waals surface area contributed by atoms with Gasteiger partial charge >= 0.3 is 6.18 Å². The monoisotopic (exact) mass is 359 g/mol. The van der Waals surface area contributed by atoms with E-state index in [2.05, 4.69) is 15.3 Å². The molecule has 0 radical (unpaired) electrons. The number of amides is 1. The molecule has 132 valence electrons. The van der Waals surface area contributed by atoms with Gasteiger partial charge in [0.25, 0.3) is 11.8 Å². The topological polar surface area (TPSA) is 64.1 Å². The Balaban J connectivity index is 1.90. The first-order chi connectivity index (χ1) is 12.4. The normalized spacial score (nSPS) is 11.0. The molecule has 0 spiro atoms. The van der Waals surface area contributed by atoms with Crippen LogP contribution >= 0.6 is 0 Å². The smallest absolute Gasteiger partial charge is 0.419 e. The third kappa shape index (κ3) is 3.97. The van der Waals surface area contributed by atoms with Gasteiger partial charge in [-0.3, -0.25) is 4.79 Å². The highest BCUT2D eigenvalue weighted by Gasteiger charge is 2.34. The molecule has 0 unspecified atom stereocenters. The maximum absolute atomic E-state index is 13.1. The van der Waals surface area contributed by atoms with Crippen molar-refractivity contribution in [1.82, 2.24) is 9.97 Å². The van der Waals surface area contributed by atoms with E-state index in [9.17, 15) is 18.0 Å². The van der Waals surface area contributed by atoms with E-state index in [1.54, 1.807) is 30.3 Å². The van der Waals surface area contributed by atoms with E-state index < -0.39 is 23.4 Å². The number of nitrogens with one attached hydrogen (secondary N) is 1. The summed E-state index contributed by atoms with van der Waals surface area (Å²) in [5.74, 6) is -1.43. The van der Waals surface area contributed by atoms with Gasteiger partial charge in [0.1, 0.15) is 5.75 Å². The second-order valence-electron chi connectivity index (χ2n) is 5.13. The van der Waals surface area contributed by atoms with Crippen LogP contribution in [0.25, 0.3) is 0 Å². The highest BCUT2D eigenvalue weighted by Crippen LogP contribution is 2.37. The third-order valence-electron chi connectivity index (χ3n) is 3.31. The Bertz CT molecular complexity index is 915. The summed E-state index contributed by atoms with van der Waals surface area (Å²) in [6.07, 6.45) is -2.13. The van der Waals surface area contributed by atoms with E-state index in [1.807, 2.05) is 0 Å². The van der Waals surface area contributed by atoms with Crippen molar-refractivity contribution in [2.24, 2.45) is 0 Å². The number of hydrogen-bond donors (Lipinski definition) is 1. The molecule has 3 aromatic rings. The molecule has 1 N–H and O–H groups in total. The average molecular weight is 359 g/mol. The molecule has 0 atom stereocenters. The summed E-state index contributed by atoms with van der Waals surface area (Å²) in [6, 6.07) is 13.2. The van der Waals surface area contributed by atoms with Gasteiger partial charge in [-0.1, -0.05) is 30.3 Å². The summed E-state index contributed by atoms with van der Waals surface area (Å²) in [5, 5.41) is 2.59. The molecule has 3 rings (SSSR count). The Morgan fingerprint density at radius 2 is 1.58 bits per heavy atom. The van der Waals surface area contributed by atoms with Crippen LogP contribution in [0.3, 0.4) is 0 Å². The van der Waals surface area contributed by atoms with Gasteiger partial charge in [0, 0.05) is 18.1 Å². The van der Waals surface area contributed by atoms with Crippen LogP contribution in [-0.4, -0.2) is 15.9 Å². The molecule has 0 fully saturated rings. The SMILES string of the molecule is O=C(Nc1ccccc1)c1nccnc1Oc1ccccc1C(F)(F)F. The molecule has 0 bridgehead atoms. The number of benzene rings is 2. The molecule has 1 heterocycles. The maximum Gasteiger partial charge on any atom is 0.419 e. The van der Waals surface area contributed by atoms with Crippen LogP contribution in [0.15, 0.2) is 67.0 Å². The summed E-state index contributed by atoms with van der Waals surface area (Å²) >= 11 is 0. The minimum Gasteiger partial charge on any atom is -0.436 e. The third-order valence-corrected chi connectivity index (χ3v) is 3.31. The Morgan fingerprint density at radius 1 is 0.923 bits per heavy atom. The molecular formula is C18H12F3N3O2. The second kappa shape index (κ2) is 7.22. The van der Waals surface area contributed by atoms with Crippen molar-refractivity contribution in [2.75, 3.05) is 5.32 Å². The van der Waals surface area contributed by atoms with Crippen LogP contribution in [0.2, 0.25) is 0 Å². The molecule has 0 aliphatic heterocycles. The van der Waals surface area contributed by atoms with Crippen molar-refractivity contribution < 1.29 is 22.7 Å². The van der Waals surface area contributed by atoms with Gasteiger partial charge in [-0.15, -0.1) is 0 Å². The number of alkyl halides is 3. The zero-order valence-corrected chi connectivity index (χ0v) is 13.2. The number of carbonyl (C=O) groups excluding carboxylic acids is 1. The molecule has 0 aliphatic carbocycles. The fourth-order valence-electron chi connectivity index (χ4n) is 2.16. The first-order valence-electron chi connectivity index (χ1n) is 7.46. The number of nitrogens with zero attached hydrogens (tertiary/aromatic N) is 2. The van der Waals surface area contributed by atoms with Crippen LogP contribution in [-0.2, 0) is 6.18 Å². The Labute approximate surface area is 146 Å². The van der Waals surface area contributed by atoms with Gasteiger partial charge in [0.15, 0.2) is 5.69 Å². The molecule has 1 aromatic heterocycles. The average Bonchev–Trinajstić information content (AvgIpc) is 2.62. The Hall–Kier alpha value is -3.42. The largest absolute Gasteiger partial charge is 0.436 e. The lowest BCUT2D eigenvalue weighted by Crippen LogP contribution is -2.16. The summed E-state index contributed by atoms with van der Waals surface area (Å²) in [7, 11) is 0. The van der Waals surface area contributed by atoms with Gasteiger partial charge in [-0.2, -0.15) is 13.2 Å². The molecule has 0 aliphatic rings. The molecule has 2 aromatic carbocycles. The van der Waals surface area contributed by atoms with Crippen LogP contribution in [0, 0.1) is 0 Å². The summed E-state index contributed by atoms with van der Waals surface area (Å²) in [6.45, 7) is 0. The van der Waals surface area contributed by atoms with Crippen molar-refractivity contribution >= 4 is 11.6 Å². The van der Waals surface area contributed by atoms with Crippen molar-refractivity contribution in [1.29, 1.82) is 0 Å². The summed E-state index contributed by atoms with van der Waals surface area (Å²) in [5.41, 5.74) is -0.696. The zero-order valence-electron chi connectivity index (χ0n) is 13.2. The minimum absolute atomic E-state index is 0.228. The number of carbonyl (C=O) groups is 1. The van der Waals surface area contributed by atoms with E-state index in [0.29, 0.717) is 5.69 Å². The lowest BCUT2D eigenvalue weighted by molar-refractivity contribution is -0.138. The molecule has 26 heavy (non-hydrogen) atoms. The molecule has 0 saturated carbocycles. The number of rotatable bonds is 4. The summed E-state index contributed by atoms with van der Waals surface area (Å²) < 4.78 is 44.6. The predicted molar refractivity (Wildman–Crippen MR) is 87.9 cm³/mol. The fourth-order valence-corrected chi connectivity index (χ4v) is 2.16. The van der Waals surface area contributed by atoms with E-state index in [4.69, 9.17) is 4.74 Å². The number of para-hydroxylation sites is 2. The van der Waals surface area contributed by atoms with Crippen molar-refractivity contribution in [3.05, 3.63) is 78.2 Å². The first kappa shape index (κ1) is 17.4. The van der Waals surface area contributed by atoms with E-state index >= 15 is 0 Å². The quantitative estimate of drug-likeness (QED) is 0.743. The molecule has 8 heteroatoms. The molecule has 5 nitrogen and oxygen atoms in total. The number of anilines is 1. The Morgan fingerprint density at radius 3 is 2.31 bits per heavy atom. The Kier molecular flexibility index (Phi) is 4.83. The van der Waals surface area contributed by atoms with Gasteiger partial charge in [0.2, 0.25) is 0 Å². The maximum atomic E-state index is 13.1. The van der Waals surface area contributed by atoms with Crippen LogP contribution < -0.4 is 10.1 Å². The number of halogens is 3. The highest BCUT2D eigenvalue weighted by molar-refractivity contribution is 6.04. The number of aromatic nitrogens is 2. The van der Waals surface area contributed by atoms with Crippen LogP contribution in [0.5, 0.6) is 11.6 Å². The number of ether oxygens (including phenoxy) is 1. The molecular weight excluding hydrogens is 347 g/mol. The van der Waals surface area contributed by atoms with Gasteiger partial charge < -0.3 is 10.1 Å². The molecule has 1 amide bonds. The standard InChI is InChI=1S/C18H12F3N3O2/c19-18(20,21)13-8-4-5-9-14(13)26-17-15(22-10-11-23-17)16(25)24-12-6-2-1-3-7-12/h1-11H,(H,24,25). The fraction of sp³-hybridized carbons (Fsp3) is 0.0556. The van der Waals surface area contributed by atoms with E-state index in [-0.39, 0.29) is 11.6 Å². The van der Waals surface area contributed by atoms with Crippen molar-refractivity contribution in [3.8, 4) is 11.6 Å². The van der Waals surface area contributed by atoms with Gasteiger partial charge in [-0.25, -0.2) is 9.97 Å². The van der Waals surface area contributed by atoms with E-state index in [1.165, 1.54) is 24.5 Å². The first-order valence-corrected chi connectivity index (χ1v) is 7.46. The predicted octanol–water partition coefficient (Wildman–Crippen LogP) is 4.54. The second-order valence-corrected chi connectivity index (χ2v) is 5.13. The van der Waals surface area contributed by atoms with Crippen LogP contribution in [0.4, 0.5) is 18.9 Å². The lowest BCUT2D eigenvalue weighted by Gasteiger charge is -2.14.